The van der Waals surface area contributed by atoms with E-state index in [1.807, 2.05) is 18.2 Å². The monoisotopic (exact) mass is 258 g/mol. The van der Waals surface area contributed by atoms with Crippen LogP contribution < -0.4 is 10.5 Å². The fraction of sp³-hybridized carbons (Fsp3) is 0.154. The molecule has 2 rings (SSSR count). The van der Waals surface area contributed by atoms with E-state index < -0.39 is 0 Å². The summed E-state index contributed by atoms with van der Waals surface area (Å²) in [5, 5.41) is 11.4. The number of rotatable bonds is 5. The maximum atomic E-state index is 8.52. The van der Waals surface area contributed by atoms with Crippen LogP contribution in [0, 0.1) is 0 Å². The third-order valence-electron chi connectivity index (χ3n) is 2.47. The van der Waals surface area contributed by atoms with Crippen LogP contribution in [0.1, 0.15) is 11.3 Å². The Morgan fingerprint density at radius 3 is 2.79 bits per heavy atom. The zero-order chi connectivity index (χ0) is 13.5. The molecule has 6 nitrogen and oxygen atoms in total. The van der Waals surface area contributed by atoms with Gasteiger partial charge < -0.3 is 15.7 Å². The molecule has 0 spiro atoms. The number of pyridine rings is 2. The van der Waals surface area contributed by atoms with Crippen LogP contribution in [0.25, 0.3) is 0 Å². The number of aromatic nitrogens is 2. The van der Waals surface area contributed by atoms with Crippen LogP contribution in [0.5, 0.6) is 5.88 Å². The second-order valence-electron chi connectivity index (χ2n) is 3.79. The first-order chi connectivity index (χ1) is 9.29. The van der Waals surface area contributed by atoms with Gasteiger partial charge in [0, 0.05) is 36.1 Å². The molecule has 0 aliphatic rings. The number of amidine groups is 1. The van der Waals surface area contributed by atoms with Crippen LogP contribution in [0.3, 0.4) is 0 Å². The first kappa shape index (κ1) is 12.8. The quantitative estimate of drug-likeness (QED) is 0.363. The Hall–Kier alpha value is -2.63. The van der Waals surface area contributed by atoms with Gasteiger partial charge in [0.05, 0.1) is 6.61 Å². The minimum atomic E-state index is 0.0209. The minimum absolute atomic E-state index is 0.0209. The molecule has 2 heterocycles. The van der Waals surface area contributed by atoms with Gasteiger partial charge in [0.2, 0.25) is 5.88 Å². The molecule has 0 amide bonds. The Kier molecular flexibility index (Phi) is 4.28. The molecule has 0 bridgehead atoms. The Bertz CT molecular complexity index is 540. The molecule has 2 aromatic heterocycles. The zero-order valence-corrected chi connectivity index (χ0v) is 10.2. The lowest BCUT2D eigenvalue weighted by molar-refractivity contribution is 0.308. The first-order valence-corrected chi connectivity index (χ1v) is 5.76. The SMILES string of the molecule is N/C(=N\O)c1ccc(OCCc2ccccn2)nc1. The van der Waals surface area contributed by atoms with E-state index in [2.05, 4.69) is 15.1 Å². The molecule has 0 radical (unpaired) electrons. The van der Waals surface area contributed by atoms with Crippen molar-refractivity contribution in [3.8, 4) is 5.88 Å². The molecular weight excluding hydrogens is 244 g/mol. The predicted octanol–water partition coefficient (Wildman–Crippen LogP) is 1.19. The van der Waals surface area contributed by atoms with E-state index in [1.54, 1.807) is 18.3 Å². The zero-order valence-electron chi connectivity index (χ0n) is 10.2. The minimum Gasteiger partial charge on any atom is -0.477 e. The Balaban J connectivity index is 1.87. The number of hydrogen-bond acceptors (Lipinski definition) is 5. The molecule has 0 atom stereocenters. The van der Waals surface area contributed by atoms with Crippen molar-refractivity contribution in [2.75, 3.05) is 6.61 Å². The van der Waals surface area contributed by atoms with Crippen LogP contribution in [-0.2, 0) is 6.42 Å². The van der Waals surface area contributed by atoms with E-state index in [0.29, 0.717) is 24.5 Å². The lowest BCUT2D eigenvalue weighted by atomic mass is 10.2. The highest BCUT2D eigenvalue weighted by molar-refractivity contribution is 5.96. The molecule has 98 valence electrons. The summed E-state index contributed by atoms with van der Waals surface area (Å²) in [4.78, 5) is 8.26. The predicted molar refractivity (Wildman–Crippen MR) is 70.2 cm³/mol. The lowest BCUT2D eigenvalue weighted by Gasteiger charge is -2.05. The number of oxime groups is 1. The molecule has 0 saturated heterocycles. The molecule has 3 N–H and O–H groups in total. The van der Waals surface area contributed by atoms with Crippen LogP contribution in [-0.4, -0.2) is 27.6 Å². The van der Waals surface area contributed by atoms with E-state index in [4.69, 9.17) is 15.7 Å². The van der Waals surface area contributed by atoms with Crippen molar-refractivity contribution in [3.63, 3.8) is 0 Å². The molecule has 19 heavy (non-hydrogen) atoms. The molecule has 0 aliphatic heterocycles. The third kappa shape index (κ3) is 3.67. The van der Waals surface area contributed by atoms with Gasteiger partial charge in [-0.25, -0.2) is 4.98 Å². The molecule has 0 aliphatic carbocycles. The maximum absolute atomic E-state index is 8.52. The highest BCUT2D eigenvalue weighted by atomic mass is 16.5. The second kappa shape index (κ2) is 6.34. The fourth-order valence-electron chi connectivity index (χ4n) is 1.48. The number of nitrogens with zero attached hydrogens (tertiary/aromatic N) is 3. The van der Waals surface area contributed by atoms with Crippen LogP contribution in [0.15, 0.2) is 47.9 Å². The Morgan fingerprint density at radius 2 is 2.16 bits per heavy atom. The Labute approximate surface area is 110 Å². The number of ether oxygens (including phenoxy) is 1. The summed E-state index contributed by atoms with van der Waals surface area (Å²) in [5.41, 5.74) is 6.94. The molecule has 0 saturated carbocycles. The van der Waals surface area contributed by atoms with Crippen molar-refractivity contribution in [2.24, 2.45) is 10.9 Å². The van der Waals surface area contributed by atoms with Gasteiger partial charge in [0.25, 0.3) is 0 Å². The van der Waals surface area contributed by atoms with E-state index in [0.717, 1.165) is 5.69 Å². The number of hydrogen-bond donors (Lipinski definition) is 2. The average molecular weight is 258 g/mol. The van der Waals surface area contributed by atoms with Crippen molar-refractivity contribution in [3.05, 3.63) is 54.0 Å². The van der Waals surface area contributed by atoms with Gasteiger partial charge in [-0.15, -0.1) is 0 Å². The second-order valence-corrected chi connectivity index (χ2v) is 3.79. The first-order valence-electron chi connectivity index (χ1n) is 5.76. The van der Waals surface area contributed by atoms with Gasteiger partial charge in [-0.3, -0.25) is 4.98 Å². The highest BCUT2D eigenvalue weighted by Gasteiger charge is 2.01. The topological polar surface area (TPSA) is 93.6 Å². The van der Waals surface area contributed by atoms with Crippen molar-refractivity contribution >= 4 is 5.84 Å². The van der Waals surface area contributed by atoms with Gasteiger partial charge in [-0.2, -0.15) is 0 Å². The molecule has 6 heteroatoms. The van der Waals surface area contributed by atoms with Crippen molar-refractivity contribution < 1.29 is 9.94 Å². The van der Waals surface area contributed by atoms with Crippen molar-refractivity contribution in [2.45, 2.75) is 6.42 Å². The molecule has 0 fully saturated rings. The molecule has 2 aromatic rings. The van der Waals surface area contributed by atoms with Gasteiger partial charge in [-0.05, 0) is 18.2 Å². The van der Waals surface area contributed by atoms with E-state index in [9.17, 15) is 0 Å². The van der Waals surface area contributed by atoms with Gasteiger partial charge >= 0.3 is 0 Å². The van der Waals surface area contributed by atoms with Crippen LogP contribution >= 0.6 is 0 Å². The van der Waals surface area contributed by atoms with Crippen molar-refractivity contribution in [1.82, 2.24) is 9.97 Å². The third-order valence-corrected chi connectivity index (χ3v) is 2.47. The average Bonchev–Trinajstić information content (AvgIpc) is 2.48. The summed E-state index contributed by atoms with van der Waals surface area (Å²) in [6.45, 7) is 0.493. The van der Waals surface area contributed by atoms with Crippen LogP contribution in [0.2, 0.25) is 0 Å². The fourth-order valence-corrected chi connectivity index (χ4v) is 1.48. The molecule has 0 unspecified atom stereocenters. The van der Waals surface area contributed by atoms with Gasteiger partial charge in [0.1, 0.15) is 0 Å². The maximum Gasteiger partial charge on any atom is 0.213 e. The summed E-state index contributed by atoms with van der Waals surface area (Å²) >= 11 is 0. The number of nitrogens with two attached hydrogens (primary N) is 1. The Morgan fingerprint density at radius 1 is 1.26 bits per heavy atom. The normalized spacial score (nSPS) is 11.3. The van der Waals surface area contributed by atoms with Gasteiger partial charge in [-0.1, -0.05) is 11.2 Å². The summed E-state index contributed by atoms with van der Waals surface area (Å²) in [7, 11) is 0. The molecule has 0 aromatic carbocycles. The summed E-state index contributed by atoms with van der Waals surface area (Å²) in [6, 6.07) is 9.10. The molecular formula is C13H14N4O2. The summed E-state index contributed by atoms with van der Waals surface area (Å²) in [6.07, 6.45) is 3.95. The van der Waals surface area contributed by atoms with Crippen molar-refractivity contribution in [1.29, 1.82) is 0 Å². The lowest BCUT2D eigenvalue weighted by Crippen LogP contribution is -2.13. The summed E-state index contributed by atoms with van der Waals surface area (Å²) in [5.74, 6) is 0.512. The van der Waals surface area contributed by atoms with Gasteiger partial charge in [0.15, 0.2) is 5.84 Å². The van der Waals surface area contributed by atoms with E-state index >= 15 is 0 Å². The highest BCUT2D eigenvalue weighted by Crippen LogP contribution is 2.08. The largest absolute Gasteiger partial charge is 0.477 e. The van der Waals surface area contributed by atoms with E-state index in [-0.39, 0.29) is 5.84 Å². The smallest absolute Gasteiger partial charge is 0.213 e. The van der Waals surface area contributed by atoms with E-state index in [1.165, 1.54) is 6.20 Å². The summed E-state index contributed by atoms with van der Waals surface area (Å²) < 4.78 is 5.48. The standard InChI is InChI=1S/C13H14N4O2/c14-13(17-18)10-4-5-12(16-9-10)19-8-6-11-3-1-2-7-15-11/h1-5,7,9,18H,6,8H2,(H2,14,17). The van der Waals surface area contributed by atoms with Crippen LogP contribution in [0.4, 0.5) is 0 Å².